The number of hydrogen-bond acceptors (Lipinski definition) is 5. The maximum atomic E-state index is 13.0. The van der Waals surface area contributed by atoms with Gasteiger partial charge in [-0.2, -0.15) is 0 Å². The molecule has 35 heavy (non-hydrogen) atoms. The van der Waals surface area contributed by atoms with Gasteiger partial charge in [-0.3, -0.25) is 24.0 Å². The van der Waals surface area contributed by atoms with Crippen LogP contribution >= 0.6 is 0 Å². The molecule has 0 saturated carbocycles. The number of sulfonamides is 1. The summed E-state index contributed by atoms with van der Waals surface area (Å²) in [5.41, 5.74) is 2.69. The molecule has 1 fully saturated rings. The second-order valence-electron chi connectivity index (χ2n) is 8.38. The molecule has 9 heteroatoms. The van der Waals surface area contributed by atoms with Gasteiger partial charge < -0.3 is 5.32 Å². The number of allylic oxidation sites excluding steroid dienone is 1. The Morgan fingerprint density at radius 3 is 2.20 bits per heavy atom. The van der Waals surface area contributed by atoms with Crippen LogP contribution in [0.15, 0.2) is 90.0 Å². The molecule has 5 rings (SSSR count). The van der Waals surface area contributed by atoms with Crippen LogP contribution in [-0.2, 0) is 14.8 Å². The summed E-state index contributed by atoms with van der Waals surface area (Å²) in [7, 11) is -3.94. The van der Waals surface area contributed by atoms with Gasteiger partial charge in [-0.25, -0.2) is 8.42 Å². The topological polar surface area (TPSA) is 113 Å². The molecule has 0 radical (unpaired) electrons. The van der Waals surface area contributed by atoms with Crippen LogP contribution in [0, 0.1) is 0 Å². The summed E-state index contributed by atoms with van der Waals surface area (Å²) in [6.07, 6.45) is 0.743. The number of benzene rings is 3. The molecule has 3 amide bonds. The van der Waals surface area contributed by atoms with Crippen LogP contribution in [0.5, 0.6) is 0 Å². The Bertz CT molecular complexity index is 1480. The van der Waals surface area contributed by atoms with Gasteiger partial charge in [-0.15, -0.1) is 0 Å². The van der Waals surface area contributed by atoms with Gasteiger partial charge in [0.2, 0.25) is 5.91 Å². The first kappa shape index (κ1) is 22.5. The van der Waals surface area contributed by atoms with E-state index in [1.807, 2.05) is 30.3 Å². The van der Waals surface area contributed by atoms with E-state index in [9.17, 15) is 22.8 Å². The minimum absolute atomic E-state index is 0.0480. The fraction of sp³-hybridized carbons (Fsp3) is 0.115. The number of rotatable bonds is 5. The van der Waals surface area contributed by atoms with Crippen LogP contribution in [-0.4, -0.2) is 37.1 Å². The van der Waals surface area contributed by atoms with Crippen molar-refractivity contribution >= 4 is 33.4 Å². The molecule has 2 heterocycles. The van der Waals surface area contributed by atoms with Crippen LogP contribution in [0.2, 0.25) is 0 Å². The summed E-state index contributed by atoms with van der Waals surface area (Å²) in [5.74, 6) is -1.68. The highest BCUT2D eigenvalue weighted by Gasteiger charge is 2.44. The third-order valence-electron chi connectivity index (χ3n) is 6.08. The molecule has 1 atom stereocenters. The van der Waals surface area contributed by atoms with Gasteiger partial charge in [0.1, 0.15) is 6.04 Å². The van der Waals surface area contributed by atoms with Gasteiger partial charge in [0.05, 0.1) is 16.0 Å². The molecule has 1 saturated heterocycles. The summed E-state index contributed by atoms with van der Waals surface area (Å²) in [6, 6.07) is 19.2. The molecule has 2 aliphatic heterocycles. The van der Waals surface area contributed by atoms with E-state index in [2.05, 4.69) is 16.6 Å². The second-order valence-corrected chi connectivity index (χ2v) is 10.1. The van der Waals surface area contributed by atoms with E-state index in [-0.39, 0.29) is 28.1 Å². The fourth-order valence-electron chi connectivity index (χ4n) is 4.29. The summed E-state index contributed by atoms with van der Waals surface area (Å²) >= 11 is 0. The third-order valence-corrected chi connectivity index (χ3v) is 7.47. The van der Waals surface area contributed by atoms with Crippen molar-refractivity contribution in [2.24, 2.45) is 0 Å². The predicted molar refractivity (Wildman–Crippen MR) is 130 cm³/mol. The third kappa shape index (κ3) is 4.10. The fourth-order valence-corrected chi connectivity index (χ4v) is 5.34. The Hall–Kier alpha value is -4.24. The van der Waals surface area contributed by atoms with E-state index in [4.69, 9.17) is 0 Å². The van der Waals surface area contributed by atoms with Crippen molar-refractivity contribution in [2.75, 3.05) is 4.72 Å². The molecule has 1 unspecified atom stereocenters. The van der Waals surface area contributed by atoms with Crippen LogP contribution in [0.3, 0.4) is 0 Å². The zero-order valence-corrected chi connectivity index (χ0v) is 19.3. The van der Waals surface area contributed by atoms with E-state index in [0.29, 0.717) is 12.1 Å². The van der Waals surface area contributed by atoms with Crippen molar-refractivity contribution in [3.05, 3.63) is 96.2 Å². The molecule has 8 nitrogen and oxygen atoms in total. The average Bonchev–Trinajstić information content (AvgIpc) is 3.09. The lowest BCUT2D eigenvalue weighted by atomic mass is 10.0. The number of carbonyl (C=O) groups is 3. The van der Waals surface area contributed by atoms with Gasteiger partial charge in [0.25, 0.3) is 21.8 Å². The Morgan fingerprint density at radius 2 is 1.51 bits per heavy atom. The SMILES string of the molecule is C=C1CCC(N2C(=O)c3ccc(NS(=O)(=O)c4ccc(-c5ccccc5)cc4)cc3C2=O)C(=O)N1. The highest BCUT2D eigenvalue weighted by molar-refractivity contribution is 7.92. The number of carbonyl (C=O) groups excluding carboxylic acids is 3. The molecule has 0 spiro atoms. The van der Waals surface area contributed by atoms with Gasteiger partial charge in [-0.05, 0) is 54.3 Å². The van der Waals surface area contributed by atoms with Crippen molar-refractivity contribution in [1.29, 1.82) is 0 Å². The summed E-state index contributed by atoms with van der Waals surface area (Å²) in [5, 5.41) is 2.58. The van der Waals surface area contributed by atoms with Crippen molar-refractivity contribution in [3.63, 3.8) is 0 Å². The quantitative estimate of drug-likeness (QED) is 0.535. The zero-order valence-electron chi connectivity index (χ0n) is 18.5. The van der Waals surface area contributed by atoms with Crippen LogP contribution in [0.1, 0.15) is 33.6 Å². The first-order valence-electron chi connectivity index (χ1n) is 10.9. The highest BCUT2D eigenvalue weighted by Crippen LogP contribution is 2.31. The number of nitrogens with zero attached hydrogens (tertiary/aromatic N) is 1. The number of anilines is 1. The van der Waals surface area contributed by atoms with E-state index in [1.54, 1.807) is 12.1 Å². The van der Waals surface area contributed by atoms with E-state index in [0.717, 1.165) is 16.0 Å². The van der Waals surface area contributed by atoms with Crippen LogP contribution < -0.4 is 10.0 Å². The Kier molecular flexibility index (Phi) is 5.49. The Labute approximate surface area is 202 Å². The molecule has 176 valence electrons. The molecule has 2 N–H and O–H groups in total. The van der Waals surface area contributed by atoms with Crippen LogP contribution in [0.4, 0.5) is 5.69 Å². The molecule has 0 aromatic heterocycles. The number of fused-ring (bicyclic) bond motifs is 1. The zero-order chi connectivity index (χ0) is 24.7. The normalized spacial score (nSPS) is 17.8. The summed E-state index contributed by atoms with van der Waals surface area (Å²) < 4.78 is 28.4. The smallest absolute Gasteiger partial charge is 0.262 e. The highest BCUT2D eigenvalue weighted by atomic mass is 32.2. The Balaban J connectivity index is 1.37. The molecule has 0 aliphatic carbocycles. The molecular weight excluding hydrogens is 466 g/mol. The number of piperidine rings is 1. The molecule has 3 aromatic rings. The maximum Gasteiger partial charge on any atom is 0.262 e. The van der Waals surface area contributed by atoms with Crippen molar-refractivity contribution in [2.45, 2.75) is 23.8 Å². The summed E-state index contributed by atoms with van der Waals surface area (Å²) in [6.45, 7) is 3.71. The number of amides is 3. The Morgan fingerprint density at radius 1 is 0.857 bits per heavy atom. The van der Waals surface area contributed by atoms with Gasteiger partial charge in [0, 0.05) is 11.4 Å². The minimum atomic E-state index is -3.94. The van der Waals surface area contributed by atoms with Crippen molar-refractivity contribution < 1.29 is 22.8 Å². The van der Waals surface area contributed by atoms with Crippen LogP contribution in [0.25, 0.3) is 11.1 Å². The largest absolute Gasteiger partial charge is 0.329 e. The maximum absolute atomic E-state index is 13.0. The standard InChI is InChI=1S/C26H21N3O5S/c1-16-7-14-23(24(30)27-16)29-25(31)21-13-10-19(15-22(21)26(29)32)28-35(33,34)20-11-8-18(9-12-20)17-5-3-2-4-6-17/h2-6,8-13,15,23,28H,1,7,14H2,(H,27,30). The number of hydrogen-bond donors (Lipinski definition) is 2. The predicted octanol–water partition coefficient (Wildman–Crippen LogP) is 3.54. The molecule has 2 aliphatic rings. The molecular formula is C26H21N3O5S. The average molecular weight is 488 g/mol. The summed E-state index contributed by atoms with van der Waals surface area (Å²) in [4.78, 5) is 39.2. The minimum Gasteiger partial charge on any atom is -0.329 e. The lowest BCUT2D eigenvalue weighted by Gasteiger charge is -2.29. The van der Waals surface area contributed by atoms with Crippen molar-refractivity contribution in [3.8, 4) is 11.1 Å². The number of nitrogens with one attached hydrogen (secondary N) is 2. The van der Waals surface area contributed by atoms with E-state index >= 15 is 0 Å². The van der Waals surface area contributed by atoms with E-state index < -0.39 is 33.8 Å². The lowest BCUT2D eigenvalue weighted by Crippen LogP contribution is -2.51. The molecule has 3 aromatic carbocycles. The second kappa shape index (κ2) is 8.52. The number of imide groups is 1. The monoisotopic (exact) mass is 487 g/mol. The van der Waals surface area contributed by atoms with Crippen molar-refractivity contribution in [1.82, 2.24) is 10.2 Å². The van der Waals surface area contributed by atoms with Gasteiger partial charge in [0.15, 0.2) is 0 Å². The molecule has 0 bridgehead atoms. The first-order chi connectivity index (χ1) is 16.7. The van der Waals surface area contributed by atoms with Gasteiger partial charge in [-0.1, -0.05) is 49.0 Å². The van der Waals surface area contributed by atoms with E-state index in [1.165, 1.54) is 30.3 Å². The van der Waals surface area contributed by atoms with Gasteiger partial charge >= 0.3 is 0 Å². The lowest BCUT2D eigenvalue weighted by molar-refractivity contribution is -0.125. The first-order valence-corrected chi connectivity index (χ1v) is 12.4.